The van der Waals surface area contributed by atoms with Crippen molar-refractivity contribution in [1.82, 2.24) is 8.97 Å². The lowest BCUT2D eigenvalue weighted by molar-refractivity contribution is 0.667. The highest BCUT2D eigenvalue weighted by molar-refractivity contribution is 6.32. The Balaban J connectivity index is 1.73. The van der Waals surface area contributed by atoms with Gasteiger partial charge < -0.3 is 8.97 Å². The zero-order valence-corrected chi connectivity index (χ0v) is 20.6. The molecular weight excluding hydrogens is 436 g/mol. The number of rotatable bonds is 0. The molecule has 0 unspecified atom stereocenters. The summed E-state index contributed by atoms with van der Waals surface area (Å²) in [4.78, 5) is 0. The maximum Gasteiger partial charge on any atom is 0.0623 e. The molecule has 0 atom stereocenters. The second kappa shape index (κ2) is 5.91. The van der Waals surface area contributed by atoms with Crippen molar-refractivity contribution in [1.29, 1.82) is 0 Å². The third kappa shape index (κ3) is 1.89. The highest BCUT2D eigenvalue weighted by Crippen LogP contribution is 2.55. The number of nitrogens with zero attached hydrogens (tertiary/aromatic N) is 2. The molecule has 0 aliphatic heterocycles. The van der Waals surface area contributed by atoms with E-state index in [2.05, 4.69) is 121 Å². The molecule has 0 bridgehead atoms. The first-order valence-corrected chi connectivity index (χ1v) is 12.8. The van der Waals surface area contributed by atoms with Crippen molar-refractivity contribution >= 4 is 59.9 Å². The van der Waals surface area contributed by atoms with Gasteiger partial charge in [0.25, 0.3) is 0 Å². The van der Waals surface area contributed by atoms with Crippen molar-refractivity contribution in [2.75, 3.05) is 0 Å². The molecule has 5 aromatic carbocycles. The van der Waals surface area contributed by atoms with Crippen LogP contribution < -0.4 is 0 Å². The second-order valence-corrected chi connectivity index (χ2v) is 11.0. The molecule has 1 aliphatic rings. The monoisotopic (exact) mass is 460 g/mol. The van der Waals surface area contributed by atoms with Crippen molar-refractivity contribution in [2.45, 2.75) is 19.3 Å². The Labute approximate surface area is 208 Å². The van der Waals surface area contributed by atoms with E-state index >= 15 is 0 Å². The maximum absolute atomic E-state index is 2.56. The van der Waals surface area contributed by atoms with E-state index < -0.39 is 0 Å². The predicted octanol–water partition coefficient (Wildman–Crippen LogP) is 8.79. The Morgan fingerprint density at radius 3 is 2.11 bits per heavy atom. The molecule has 0 saturated heterocycles. The van der Waals surface area contributed by atoms with Gasteiger partial charge >= 0.3 is 0 Å². The zero-order chi connectivity index (χ0) is 23.9. The standard InChI is InChI=1S/C34H24N2/c1-34(2)24-13-6-4-10-19(24)22-18-23-20-12-8-15-26-29(20)31-27(35(26)3)16-9-17-28(31)36-25-14-7-5-11-21(25)30(32(22)34)33(23)36/h4-18H,1-3H3. The minimum atomic E-state index is -0.0711. The van der Waals surface area contributed by atoms with Crippen molar-refractivity contribution in [3.8, 4) is 11.1 Å². The highest BCUT2D eigenvalue weighted by atomic mass is 15.0. The van der Waals surface area contributed by atoms with Gasteiger partial charge in [0.15, 0.2) is 0 Å². The van der Waals surface area contributed by atoms with Crippen LogP contribution in [0.25, 0.3) is 71.0 Å². The lowest BCUT2D eigenvalue weighted by Crippen LogP contribution is -2.15. The number of para-hydroxylation sites is 1. The van der Waals surface area contributed by atoms with Gasteiger partial charge in [-0.1, -0.05) is 74.5 Å². The van der Waals surface area contributed by atoms with Gasteiger partial charge in [0.2, 0.25) is 0 Å². The molecule has 2 nitrogen and oxygen atoms in total. The van der Waals surface area contributed by atoms with Gasteiger partial charge in [-0.25, -0.2) is 0 Å². The van der Waals surface area contributed by atoms with E-state index in [0.717, 1.165) is 0 Å². The fourth-order valence-corrected chi connectivity index (χ4v) is 7.57. The summed E-state index contributed by atoms with van der Waals surface area (Å²) in [5.74, 6) is 0. The van der Waals surface area contributed by atoms with Gasteiger partial charge in [0.1, 0.15) is 0 Å². The van der Waals surface area contributed by atoms with Crippen LogP contribution in [0.3, 0.4) is 0 Å². The lowest BCUT2D eigenvalue weighted by Gasteiger charge is -2.23. The molecule has 3 aromatic heterocycles. The van der Waals surface area contributed by atoms with Crippen LogP contribution >= 0.6 is 0 Å². The lowest BCUT2D eigenvalue weighted by atomic mass is 9.80. The average Bonchev–Trinajstić information content (AvgIpc) is 3.44. The van der Waals surface area contributed by atoms with Crippen LogP contribution in [0.2, 0.25) is 0 Å². The number of aromatic nitrogens is 2. The van der Waals surface area contributed by atoms with Crippen molar-refractivity contribution in [3.05, 3.63) is 102 Å². The smallest absolute Gasteiger partial charge is 0.0623 e. The molecule has 0 spiro atoms. The molecule has 170 valence electrons. The number of hydrogen-bond acceptors (Lipinski definition) is 0. The summed E-state index contributed by atoms with van der Waals surface area (Å²) in [6.45, 7) is 4.80. The van der Waals surface area contributed by atoms with Crippen LogP contribution in [0, 0.1) is 0 Å². The van der Waals surface area contributed by atoms with E-state index in [1.165, 1.54) is 82.2 Å². The van der Waals surface area contributed by atoms with Crippen LogP contribution in [-0.4, -0.2) is 8.97 Å². The van der Waals surface area contributed by atoms with E-state index in [-0.39, 0.29) is 5.41 Å². The topological polar surface area (TPSA) is 9.34 Å². The van der Waals surface area contributed by atoms with E-state index in [0.29, 0.717) is 0 Å². The molecule has 36 heavy (non-hydrogen) atoms. The molecular formula is C34H24N2. The largest absolute Gasteiger partial charge is 0.344 e. The van der Waals surface area contributed by atoms with Gasteiger partial charge in [0.05, 0.1) is 22.1 Å². The Morgan fingerprint density at radius 1 is 0.556 bits per heavy atom. The summed E-state index contributed by atoms with van der Waals surface area (Å²) in [7, 11) is 2.20. The molecule has 0 amide bonds. The van der Waals surface area contributed by atoms with Gasteiger partial charge in [0, 0.05) is 44.9 Å². The summed E-state index contributed by atoms with van der Waals surface area (Å²) in [6, 6.07) is 34.1. The minimum absolute atomic E-state index is 0.0711. The molecule has 0 radical (unpaired) electrons. The number of aryl methyl sites for hydroxylation is 1. The van der Waals surface area contributed by atoms with Gasteiger partial charge in [-0.15, -0.1) is 0 Å². The third-order valence-electron chi connectivity index (χ3n) is 9.02. The zero-order valence-electron chi connectivity index (χ0n) is 20.6. The number of hydrogen-bond donors (Lipinski definition) is 0. The molecule has 9 rings (SSSR count). The molecule has 1 aliphatic carbocycles. The molecule has 0 saturated carbocycles. The summed E-state index contributed by atoms with van der Waals surface area (Å²) < 4.78 is 4.92. The normalized spacial score (nSPS) is 14.8. The number of benzene rings is 5. The van der Waals surface area contributed by atoms with Gasteiger partial charge in [-0.3, -0.25) is 0 Å². The van der Waals surface area contributed by atoms with E-state index in [4.69, 9.17) is 0 Å². The van der Waals surface area contributed by atoms with E-state index in [1.54, 1.807) is 0 Å². The Hall–Kier alpha value is -4.30. The van der Waals surface area contributed by atoms with E-state index in [9.17, 15) is 0 Å². The Kier molecular flexibility index (Phi) is 3.11. The third-order valence-corrected chi connectivity index (χ3v) is 9.02. The molecule has 8 aromatic rings. The first-order valence-electron chi connectivity index (χ1n) is 12.8. The van der Waals surface area contributed by atoms with Crippen LogP contribution in [0.4, 0.5) is 0 Å². The number of fused-ring (bicyclic) bond motifs is 9. The molecule has 0 fully saturated rings. The Morgan fingerprint density at radius 2 is 1.22 bits per heavy atom. The fourth-order valence-electron chi connectivity index (χ4n) is 7.57. The van der Waals surface area contributed by atoms with E-state index in [1.807, 2.05) is 0 Å². The minimum Gasteiger partial charge on any atom is -0.344 e. The second-order valence-electron chi connectivity index (χ2n) is 11.0. The quantitative estimate of drug-likeness (QED) is 0.214. The predicted molar refractivity (Wildman–Crippen MR) is 153 cm³/mol. The summed E-state index contributed by atoms with van der Waals surface area (Å²) in [5, 5.41) is 8.14. The summed E-state index contributed by atoms with van der Waals surface area (Å²) in [6.07, 6.45) is 0. The fraction of sp³-hybridized carbons (Fsp3) is 0.118. The Bertz CT molecular complexity index is 2240. The summed E-state index contributed by atoms with van der Waals surface area (Å²) in [5.41, 5.74) is 12.1. The SMILES string of the molecule is Cn1c2cccc3c4cc5c(c6c7ccccc7n(c7cccc1c7c32)c46)C(C)(C)c1ccccc1-5. The van der Waals surface area contributed by atoms with Crippen LogP contribution in [0.5, 0.6) is 0 Å². The highest BCUT2D eigenvalue weighted by Gasteiger charge is 2.38. The van der Waals surface area contributed by atoms with Gasteiger partial charge in [-0.05, 0) is 58.0 Å². The van der Waals surface area contributed by atoms with Gasteiger partial charge in [-0.2, -0.15) is 0 Å². The van der Waals surface area contributed by atoms with Crippen LogP contribution in [0.15, 0.2) is 91.0 Å². The van der Waals surface area contributed by atoms with Crippen molar-refractivity contribution < 1.29 is 0 Å². The van der Waals surface area contributed by atoms with Crippen molar-refractivity contribution in [3.63, 3.8) is 0 Å². The molecule has 3 heterocycles. The molecule has 0 N–H and O–H groups in total. The first-order chi connectivity index (χ1) is 17.6. The van der Waals surface area contributed by atoms with Crippen LogP contribution in [0.1, 0.15) is 25.0 Å². The summed E-state index contributed by atoms with van der Waals surface area (Å²) >= 11 is 0. The maximum atomic E-state index is 2.56. The first kappa shape index (κ1) is 19.0. The van der Waals surface area contributed by atoms with Crippen molar-refractivity contribution in [2.24, 2.45) is 7.05 Å². The average molecular weight is 461 g/mol. The molecule has 2 heteroatoms. The van der Waals surface area contributed by atoms with Crippen LogP contribution in [-0.2, 0) is 12.5 Å².